The second-order valence-electron chi connectivity index (χ2n) is 15.6. The highest BCUT2D eigenvalue weighted by atomic mass is 16.6. The van der Waals surface area contributed by atoms with Crippen LogP contribution in [0.15, 0.2) is 0 Å². The van der Waals surface area contributed by atoms with Gasteiger partial charge in [-0.3, -0.25) is 4.79 Å². The third-order valence-electron chi connectivity index (χ3n) is 14.2. The fraction of sp³-hybridized carbons (Fsp3) is 0.967. The molecule has 1 spiro atoms. The van der Waals surface area contributed by atoms with Crippen LogP contribution in [-0.4, -0.2) is 45.7 Å². The number of fused-ring (bicyclic) bond motifs is 4. The molecule has 1 heterocycles. The van der Waals surface area contributed by atoms with Crippen molar-refractivity contribution in [3.8, 4) is 0 Å². The molecule has 5 saturated carbocycles. The highest BCUT2D eigenvalue weighted by Gasteiger charge is 2.83. The van der Waals surface area contributed by atoms with E-state index in [9.17, 15) is 20.1 Å². The Hall–Kier alpha value is -0.650. The molecule has 5 heteroatoms. The maximum absolute atomic E-state index is 13.7. The van der Waals surface area contributed by atoms with Gasteiger partial charge in [0, 0.05) is 16.7 Å². The van der Waals surface area contributed by atoms with Crippen LogP contribution >= 0.6 is 0 Å². The van der Waals surface area contributed by atoms with Gasteiger partial charge in [-0.15, -0.1) is 0 Å². The van der Waals surface area contributed by atoms with Gasteiger partial charge in [-0.25, -0.2) is 0 Å². The highest BCUT2D eigenvalue weighted by molar-refractivity contribution is 5.82. The SMILES string of the molecule is CC1(C)CC[C@@]23CC[C@]4(C)[C@@](OC2=O)([C@@H]3C1)[C@@H](O)C[C@@H]1[C@@]2(C)CC[C@H](O)[C@@](C)(CO)[C@@H]2CC[C@]14C. The monoisotopic (exact) mass is 488 g/mol. The quantitative estimate of drug-likeness (QED) is 0.459. The zero-order chi connectivity index (χ0) is 25.4. The summed E-state index contributed by atoms with van der Waals surface area (Å²) in [6.07, 6.45) is 7.77. The number of carbonyl (C=O) groups excluding carboxylic acids is 1. The molecule has 2 bridgehead atoms. The summed E-state index contributed by atoms with van der Waals surface area (Å²) < 4.78 is 6.62. The fourth-order valence-electron chi connectivity index (χ4n) is 11.8. The Morgan fingerprint density at radius 2 is 1.51 bits per heavy atom. The predicted octanol–water partition coefficient (Wildman–Crippen LogP) is 4.85. The number of carbonyl (C=O) groups is 1. The maximum Gasteiger partial charge on any atom is 0.313 e. The molecule has 1 aliphatic heterocycles. The Morgan fingerprint density at radius 3 is 2.20 bits per heavy atom. The minimum absolute atomic E-state index is 0.00109. The summed E-state index contributed by atoms with van der Waals surface area (Å²) in [7, 11) is 0. The number of rotatable bonds is 1. The Bertz CT molecular complexity index is 947. The average Bonchev–Trinajstić information content (AvgIpc) is 2.98. The van der Waals surface area contributed by atoms with Gasteiger partial charge in [0.05, 0.1) is 24.2 Å². The van der Waals surface area contributed by atoms with Gasteiger partial charge in [0.2, 0.25) is 0 Å². The minimum atomic E-state index is -0.803. The van der Waals surface area contributed by atoms with Crippen molar-refractivity contribution in [3.05, 3.63) is 0 Å². The smallest absolute Gasteiger partial charge is 0.313 e. The van der Waals surface area contributed by atoms with Gasteiger partial charge >= 0.3 is 5.97 Å². The summed E-state index contributed by atoms with van der Waals surface area (Å²) in [6, 6.07) is 0. The summed E-state index contributed by atoms with van der Waals surface area (Å²) in [6.45, 7) is 13.9. The molecule has 198 valence electrons. The van der Waals surface area contributed by atoms with Crippen molar-refractivity contribution in [3.63, 3.8) is 0 Å². The van der Waals surface area contributed by atoms with Crippen molar-refractivity contribution in [1.29, 1.82) is 0 Å². The van der Waals surface area contributed by atoms with Crippen LogP contribution in [0.1, 0.15) is 106 Å². The first kappa shape index (κ1) is 24.7. The van der Waals surface area contributed by atoms with E-state index in [2.05, 4.69) is 41.5 Å². The molecule has 0 amide bonds. The van der Waals surface area contributed by atoms with Crippen molar-refractivity contribution in [2.24, 2.45) is 50.2 Å². The number of ether oxygens (including phenoxy) is 1. The number of aliphatic hydroxyl groups is 3. The lowest BCUT2D eigenvalue weighted by molar-refractivity contribution is -0.318. The second-order valence-corrected chi connectivity index (χ2v) is 15.6. The van der Waals surface area contributed by atoms with Gasteiger partial charge < -0.3 is 20.1 Å². The molecule has 5 aliphatic carbocycles. The molecular formula is C30H48O5. The van der Waals surface area contributed by atoms with Gasteiger partial charge in [-0.1, -0.05) is 41.5 Å². The number of aliphatic hydroxyl groups excluding tert-OH is 3. The summed E-state index contributed by atoms with van der Waals surface area (Å²) in [5.74, 6) is 0.533. The lowest BCUT2D eigenvalue weighted by Gasteiger charge is -2.74. The number of esters is 1. The number of hydrogen-bond acceptors (Lipinski definition) is 5. The lowest BCUT2D eigenvalue weighted by Crippen LogP contribution is -2.76. The van der Waals surface area contributed by atoms with E-state index in [1.54, 1.807) is 0 Å². The predicted molar refractivity (Wildman–Crippen MR) is 133 cm³/mol. The average molecular weight is 489 g/mol. The van der Waals surface area contributed by atoms with Crippen LogP contribution in [-0.2, 0) is 9.53 Å². The molecule has 35 heavy (non-hydrogen) atoms. The van der Waals surface area contributed by atoms with Crippen molar-refractivity contribution < 1.29 is 24.9 Å². The maximum atomic E-state index is 13.7. The molecule has 1 saturated heterocycles. The van der Waals surface area contributed by atoms with E-state index in [1.165, 1.54) is 0 Å². The molecule has 6 aliphatic rings. The van der Waals surface area contributed by atoms with E-state index in [-0.39, 0.29) is 52.0 Å². The molecular weight excluding hydrogens is 440 g/mol. The highest BCUT2D eigenvalue weighted by Crippen LogP contribution is 2.80. The third-order valence-corrected chi connectivity index (χ3v) is 14.2. The summed E-state index contributed by atoms with van der Waals surface area (Å²) in [4.78, 5) is 13.7. The zero-order valence-electron chi connectivity index (χ0n) is 22.8. The van der Waals surface area contributed by atoms with E-state index in [0.717, 1.165) is 51.4 Å². The lowest BCUT2D eigenvalue weighted by atomic mass is 9.30. The van der Waals surface area contributed by atoms with E-state index >= 15 is 0 Å². The molecule has 6 rings (SSSR count). The van der Waals surface area contributed by atoms with Crippen LogP contribution in [0.4, 0.5) is 0 Å². The van der Waals surface area contributed by atoms with E-state index in [4.69, 9.17) is 4.74 Å². The first-order valence-corrected chi connectivity index (χ1v) is 14.4. The topological polar surface area (TPSA) is 87.0 Å². The second kappa shape index (κ2) is 6.86. The fourth-order valence-corrected chi connectivity index (χ4v) is 11.8. The molecule has 6 fully saturated rings. The molecule has 0 radical (unpaired) electrons. The molecule has 3 N–H and O–H groups in total. The Morgan fingerprint density at radius 1 is 0.829 bits per heavy atom. The first-order chi connectivity index (χ1) is 16.2. The van der Waals surface area contributed by atoms with Gasteiger partial charge in [0.25, 0.3) is 0 Å². The molecule has 5 nitrogen and oxygen atoms in total. The minimum Gasteiger partial charge on any atom is -0.455 e. The summed E-state index contributed by atoms with van der Waals surface area (Å²) in [5.41, 5.74) is -2.02. The van der Waals surface area contributed by atoms with Gasteiger partial charge in [-0.05, 0) is 92.3 Å². The summed E-state index contributed by atoms with van der Waals surface area (Å²) in [5, 5.41) is 33.6. The summed E-state index contributed by atoms with van der Waals surface area (Å²) >= 11 is 0. The molecule has 0 aromatic rings. The van der Waals surface area contributed by atoms with Crippen LogP contribution in [0.25, 0.3) is 0 Å². The van der Waals surface area contributed by atoms with Gasteiger partial charge in [0.15, 0.2) is 0 Å². The first-order valence-electron chi connectivity index (χ1n) is 14.4. The van der Waals surface area contributed by atoms with E-state index in [0.29, 0.717) is 12.8 Å². The van der Waals surface area contributed by atoms with Crippen LogP contribution in [0.2, 0.25) is 0 Å². The Kier molecular flexibility index (Phi) is 4.83. The normalized spacial score (nSPS) is 60.6. The molecule has 0 aromatic heterocycles. The largest absolute Gasteiger partial charge is 0.455 e. The molecule has 0 aromatic carbocycles. The third kappa shape index (κ3) is 2.51. The van der Waals surface area contributed by atoms with Crippen LogP contribution < -0.4 is 0 Å². The van der Waals surface area contributed by atoms with Gasteiger partial charge in [0.1, 0.15) is 5.60 Å². The van der Waals surface area contributed by atoms with Crippen molar-refractivity contribution in [2.75, 3.05) is 6.61 Å². The van der Waals surface area contributed by atoms with Crippen molar-refractivity contribution in [1.82, 2.24) is 0 Å². The van der Waals surface area contributed by atoms with Crippen LogP contribution in [0, 0.1) is 50.2 Å². The Labute approximate surface area is 211 Å². The zero-order valence-corrected chi connectivity index (χ0v) is 22.8. The van der Waals surface area contributed by atoms with Crippen molar-refractivity contribution in [2.45, 2.75) is 124 Å². The van der Waals surface area contributed by atoms with E-state index < -0.39 is 28.6 Å². The van der Waals surface area contributed by atoms with Crippen molar-refractivity contribution >= 4 is 5.97 Å². The van der Waals surface area contributed by atoms with Crippen LogP contribution in [0.3, 0.4) is 0 Å². The molecule has 0 unspecified atom stereocenters. The molecule has 11 atom stereocenters. The van der Waals surface area contributed by atoms with E-state index in [1.807, 2.05) is 0 Å². The standard InChI is InChI=1S/C30H48O5/c1-24(2)11-13-29-14-12-28(6)27(5)10-7-18-25(3,9-8-21(32)26(18,4)17-31)19(27)15-22(33)30(28,20(29)16-24)35-23(29)34/h18-22,31-33H,7-17H2,1-6H3/t18-,19-,20-,21+,22+,25+,26+,27-,28+,29+,30-/m1/s1. The number of hydrogen-bond donors (Lipinski definition) is 3. The Balaban J connectivity index is 1.48. The van der Waals surface area contributed by atoms with Crippen LogP contribution in [0.5, 0.6) is 0 Å². The van der Waals surface area contributed by atoms with Gasteiger partial charge in [-0.2, -0.15) is 0 Å².